The molecule has 1 aromatic rings. The van der Waals surface area contributed by atoms with Gasteiger partial charge >= 0.3 is 5.97 Å². The van der Waals surface area contributed by atoms with Gasteiger partial charge in [-0.3, -0.25) is 0 Å². The maximum atomic E-state index is 11.4. The van der Waals surface area contributed by atoms with Crippen LogP contribution in [0.25, 0.3) is 6.08 Å². The van der Waals surface area contributed by atoms with Crippen molar-refractivity contribution in [3.8, 4) is 0 Å². The lowest BCUT2D eigenvalue weighted by molar-refractivity contribution is -0.137. The number of aryl methyl sites for hydroxylation is 1. The van der Waals surface area contributed by atoms with Gasteiger partial charge in [-0.05, 0) is 38.0 Å². The van der Waals surface area contributed by atoms with Gasteiger partial charge in [0.2, 0.25) is 0 Å². The second-order valence-corrected chi connectivity index (χ2v) is 5.15. The molecule has 4 heteroatoms. The molecule has 0 amide bonds. The van der Waals surface area contributed by atoms with E-state index in [4.69, 9.17) is 14.2 Å². The van der Waals surface area contributed by atoms with Crippen molar-refractivity contribution in [3.63, 3.8) is 0 Å². The van der Waals surface area contributed by atoms with Crippen LogP contribution in [-0.4, -0.2) is 31.9 Å². The molecule has 1 aliphatic rings. The number of carbonyl (C=O) groups excluding carboxylic acids is 1. The van der Waals surface area contributed by atoms with Crippen LogP contribution in [0, 0.1) is 6.92 Å². The molecule has 0 N–H and O–H groups in total. The van der Waals surface area contributed by atoms with Gasteiger partial charge in [0.15, 0.2) is 0 Å². The highest BCUT2D eigenvalue weighted by Gasteiger charge is 2.24. The first kappa shape index (κ1) is 15.7. The van der Waals surface area contributed by atoms with Gasteiger partial charge in [-0.25, -0.2) is 4.79 Å². The number of hydrogen-bond acceptors (Lipinski definition) is 4. The van der Waals surface area contributed by atoms with Crippen LogP contribution in [0.4, 0.5) is 0 Å². The Balaban J connectivity index is 2.09. The van der Waals surface area contributed by atoms with Gasteiger partial charge < -0.3 is 14.2 Å². The number of epoxide rings is 1. The van der Waals surface area contributed by atoms with E-state index in [1.807, 2.05) is 26.0 Å². The molecule has 1 aliphatic heterocycles. The van der Waals surface area contributed by atoms with Crippen LogP contribution in [-0.2, 0) is 19.0 Å². The average Bonchev–Trinajstić information content (AvgIpc) is 3.28. The van der Waals surface area contributed by atoms with Crippen molar-refractivity contribution >= 4 is 12.0 Å². The van der Waals surface area contributed by atoms with E-state index >= 15 is 0 Å². The van der Waals surface area contributed by atoms with Gasteiger partial charge in [0.1, 0.15) is 6.10 Å². The van der Waals surface area contributed by atoms with Crippen molar-refractivity contribution in [2.45, 2.75) is 33.0 Å². The number of esters is 1. The van der Waals surface area contributed by atoms with E-state index in [1.54, 1.807) is 13.0 Å². The fourth-order valence-electron chi connectivity index (χ4n) is 2.05. The first-order valence-corrected chi connectivity index (χ1v) is 7.28. The zero-order valence-electron chi connectivity index (χ0n) is 12.8. The van der Waals surface area contributed by atoms with Crippen LogP contribution < -0.4 is 0 Å². The highest BCUT2D eigenvalue weighted by molar-refractivity contribution is 5.87. The Labute approximate surface area is 125 Å². The maximum absolute atomic E-state index is 11.4. The van der Waals surface area contributed by atoms with E-state index in [2.05, 4.69) is 6.07 Å². The van der Waals surface area contributed by atoms with E-state index in [1.165, 1.54) is 6.08 Å². The minimum Gasteiger partial charge on any atom is -0.463 e. The topological polar surface area (TPSA) is 48.1 Å². The fourth-order valence-corrected chi connectivity index (χ4v) is 2.05. The molecule has 0 bridgehead atoms. The highest BCUT2D eigenvalue weighted by atomic mass is 16.6. The van der Waals surface area contributed by atoms with Crippen molar-refractivity contribution in [2.75, 3.05) is 19.8 Å². The summed E-state index contributed by atoms with van der Waals surface area (Å²) in [4.78, 5) is 11.4. The van der Waals surface area contributed by atoms with E-state index < -0.39 is 0 Å². The molecule has 4 nitrogen and oxygen atoms in total. The number of carbonyl (C=O) groups is 1. The minimum atomic E-state index is -0.330. The zero-order chi connectivity index (χ0) is 15.2. The van der Waals surface area contributed by atoms with Crippen LogP contribution >= 0.6 is 0 Å². The Bertz CT molecular complexity index is 518. The lowest BCUT2D eigenvalue weighted by Crippen LogP contribution is -2.08. The Morgan fingerprint density at radius 1 is 1.52 bits per heavy atom. The number of rotatable bonds is 7. The Morgan fingerprint density at radius 2 is 2.29 bits per heavy atom. The largest absolute Gasteiger partial charge is 0.463 e. The molecule has 0 spiro atoms. The van der Waals surface area contributed by atoms with Gasteiger partial charge in [-0.1, -0.05) is 23.8 Å². The summed E-state index contributed by atoms with van der Waals surface area (Å²) in [6.07, 6.45) is 3.43. The quantitative estimate of drug-likeness (QED) is 0.440. The molecule has 2 atom stereocenters. The van der Waals surface area contributed by atoms with Crippen LogP contribution in [0.3, 0.4) is 0 Å². The predicted octanol–water partition coefficient (Wildman–Crippen LogP) is 3.05. The molecule has 1 heterocycles. The van der Waals surface area contributed by atoms with Crippen molar-refractivity contribution in [1.29, 1.82) is 0 Å². The van der Waals surface area contributed by atoms with E-state index in [9.17, 15) is 4.79 Å². The first-order valence-electron chi connectivity index (χ1n) is 7.28. The molecule has 1 saturated heterocycles. The van der Waals surface area contributed by atoms with Crippen LogP contribution in [0.5, 0.6) is 0 Å². The fraction of sp³-hybridized carbons (Fsp3) is 0.471. The molecule has 0 aliphatic carbocycles. The van der Waals surface area contributed by atoms with Crippen LogP contribution in [0.15, 0.2) is 24.3 Å². The van der Waals surface area contributed by atoms with Crippen molar-refractivity contribution < 1.29 is 19.0 Å². The highest BCUT2D eigenvalue weighted by Crippen LogP contribution is 2.25. The Kier molecular flexibility index (Phi) is 5.53. The molecule has 1 fully saturated rings. The summed E-state index contributed by atoms with van der Waals surface area (Å²) in [7, 11) is 0. The average molecular weight is 290 g/mol. The molecular formula is C17H22O4. The van der Waals surface area contributed by atoms with E-state index in [0.717, 1.165) is 23.3 Å². The monoisotopic (exact) mass is 290 g/mol. The van der Waals surface area contributed by atoms with Crippen molar-refractivity contribution in [2.24, 2.45) is 0 Å². The summed E-state index contributed by atoms with van der Waals surface area (Å²) in [5, 5.41) is 0. The molecule has 0 saturated carbocycles. The maximum Gasteiger partial charge on any atom is 0.330 e. The molecular weight excluding hydrogens is 268 g/mol. The SMILES string of the molecule is CCOC(=O)/C=C/c1ccc(C)cc1[C@@H](C)OC[C@H]1CO1. The molecule has 114 valence electrons. The number of hydrogen-bond donors (Lipinski definition) is 0. The summed E-state index contributed by atoms with van der Waals surface area (Å²) in [5.74, 6) is -0.330. The summed E-state index contributed by atoms with van der Waals surface area (Å²) in [6.45, 7) is 7.62. The third-order valence-electron chi connectivity index (χ3n) is 3.30. The lowest BCUT2D eigenvalue weighted by atomic mass is 10.00. The standard InChI is InChI=1S/C17H22O4/c1-4-19-17(18)8-7-14-6-5-12(2)9-16(14)13(3)20-10-15-11-21-15/h5-9,13,15H,4,10-11H2,1-3H3/b8-7+/t13-,15+/m1/s1. The molecule has 2 rings (SSSR count). The third-order valence-corrected chi connectivity index (χ3v) is 3.30. The molecule has 21 heavy (non-hydrogen) atoms. The second kappa shape index (κ2) is 7.38. The summed E-state index contributed by atoms with van der Waals surface area (Å²) in [5.41, 5.74) is 3.20. The van der Waals surface area contributed by atoms with Crippen LogP contribution in [0.1, 0.15) is 36.6 Å². The van der Waals surface area contributed by atoms with E-state index in [0.29, 0.717) is 13.2 Å². The second-order valence-electron chi connectivity index (χ2n) is 5.15. The summed E-state index contributed by atoms with van der Waals surface area (Å²) in [6, 6.07) is 6.10. The Morgan fingerprint density at radius 3 is 2.95 bits per heavy atom. The first-order chi connectivity index (χ1) is 10.1. The van der Waals surface area contributed by atoms with Crippen LogP contribution in [0.2, 0.25) is 0 Å². The van der Waals surface area contributed by atoms with Gasteiger partial charge in [-0.2, -0.15) is 0 Å². The van der Waals surface area contributed by atoms with Crippen molar-refractivity contribution in [3.05, 3.63) is 41.0 Å². The molecule has 0 radical (unpaired) electrons. The summed E-state index contributed by atoms with van der Waals surface area (Å²) < 4.78 is 15.9. The molecule has 1 aromatic carbocycles. The molecule has 0 aromatic heterocycles. The Hall–Kier alpha value is -1.65. The van der Waals surface area contributed by atoms with Gasteiger partial charge in [0.05, 0.1) is 25.9 Å². The normalized spacial score (nSPS) is 18.7. The summed E-state index contributed by atoms with van der Waals surface area (Å²) >= 11 is 0. The third kappa shape index (κ3) is 4.99. The number of benzene rings is 1. The predicted molar refractivity (Wildman–Crippen MR) is 81.0 cm³/mol. The lowest BCUT2D eigenvalue weighted by Gasteiger charge is -2.16. The van der Waals surface area contributed by atoms with E-state index in [-0.39, 0.29) is 18.2 Å². The zero-order valence-corrected chi connectivity index (χ0v) is 12.8. The van der Waals surface area contributed by atoms with Gasteiger partial charge in [0.25, 0.3) is 0 Å². The smallest absolute Gasteiger partial charge is 0.330 e. The van der Waals surface area contributed by atoms with Gasteiger partial charge in [0, 0.05) is 6.08 Å². The van der Waals surface area contributed by atoms with Gasteiger partial charge in [-0.15, -0.1) is 0 Å². The number of ether oxygens (including phenoxy) is 3. The van der Waals surface area contributed by atoms with Crippen molar-refractivity contribution in [1.82, 2.24) is 0 Å². The molecule has 0 unspecified atom stereocenters. The minimum absolute atomic E-state index is 0.0454.